The second kappa shape index (κ2) is 9.84. The molecule has 9 heteroatoms. The van der Waals surface area contributed by atoms with E-state index in [4.69, 9.17) is 4.55 Å². The van der Waals surface area contributed by atoms with Gasteiger partial charge in [-0.2, -0.15) is 8.42 Å². The molecule has 2 atom stereocenters. The molecule has 0 spiro atoms. The van der Waals surface area contributed by atoms with Crippen molar-refractivity contribution in [2.45, 2.75) is 37.5 Å². The van der Waals surface area contributed by atoms with Crippen LogP contribution in [0, 0.1) is 5.82 Å². The summed E-state index contributed by atoms with van der Waals surface area (Å²) in [6, 6.07) is 13.4. The average Bonchev–Trinajstić information content (AvgIpc) is 2.69. The van der Waals surface area contributed by atoms with Crippen molar-refractivity contribution in [1.82, 2.24) is 4.90 Å². The number of phenolic OH excluding ortho intramolecular Hbond substituents is 1. The van der Waals surface area contributed by atoms with Gasteiger partial charge < -0.3 is 15.3 Å². The molecule has 0 amide bonds. The van der Waals surface area contributed by atoms with Gasteiger partial charge in [0, 0.05) is 19.1 Å². The Balaban J connectivity index is 0.000000575. The Labute approximate surface area is 176 Å². The van der Waals surface area contributed by atoms with Crippen LogP contribution in [0.15, 0.2) is 48.5 Å². The molecule has 1 aliphatic heterocycles. The number of halogens is 1. The van der Waals surface area contributed by atoms with Crippen molar-refractivity contribution in [2.24, 2.45) is 0 Å². The fourth-order valence-electron chi connectivity index (χ4n) is 3.52. The van der Waals surface area contributed by atoms with Gasteiger partial charge in [0.1, 0.15) is 0 Å². The number of phenols is 1. The van der Waals surface area contributed by atoms with Crippen molar-refractivity contribution < 1.29 is 32.7 Å². The maximum absolute atomic E-state index is 13.5. The highest BCUT2D eigenvalue weighted by atomic mass is 32.2. The molecule has 2 aromatic rings. The lowest BCUT2D eigenvalue weighted by molar-refractivity contribution is -0.0502. The molecule has 7 nitrogen and oxygen atoms in total. The average molecular weight is 442 g/mol. The van der Waals surface area contributed by atoms with Crippen LogP contribution in [-0.2, 0) is 15.7 Å². The second-order valence-corrected chi connectivity index (χ2v) is 9.03. The quantitative estimate of drug-likeness (QED) is 0.538. The largest absolute Gasteiger partial charge is 0.505 e. The molecule has 2 aromatic carbocycles. The number of rotatable bonds is 4. The Morgan fingerprint density at radius 3 is 2.13 bits per heavy atom. The first-order valence-corrected chi connectivity index (χ1v) is 11.4. The number of aliphatic hydroxyl groups excluding tert-OH is 1. The van der Waals surface area contributed by atoms with Crippen molar-refractivity contribution in [2.75, 3.05) is 19.3 Å². The molecule has 0 radical (unpaired) electrons. The first-order chi connectivity index (χ1) is 13.9. The highest BCUT2D eigenvalue weighted by Crippen LogP contribution is 2.35. The molecule has 0 aromatic heterocycles. The van der Waals surface area contributed by atoms with Gasteiger partial charge in [0.25, 0.3) is 10.1 Å². The number of aliphatic hydroxyl groups is 2. The second-order valence-electron chi connectivity index (χ2n) is 7.56. The maximum Gasteiger partial charge on any atom is 0.261 e. The molecule has 1 heterocycles. The van der Waals surface area contributed by atoms with E-state index in [1.165, 1.54) is 18.2 Å². The van der Waals surface area contributed by atoms with Crippen LogP contribution in [0.3, 0.4) is 0 Å². The third-order valence-electron chi connectivity index (χ3n) is 5.28. The Bertz CT molecular complexity index is 922. The van der Waals surface area contributed by atoms with Crippen molar-refractivity contribution in [3.63, 3.8) is 0 Å². The summed E-state index contributed by atoms with van der Waals surface area (Å²) in [5.74, 6) is -1.16. The molecular formula is C21H28FNO6S. The van der Waals surface area contributed by atoms with Crippen LogP contribution in [0.2, 0.25) is 0 Å². The van der Waals surface area contributed by atoms with E-state index in [-0.39, 0.29) is 6.04 Å². The molecule has 0 aliphatic carbocycles. The zero-order valence-electron chi connectivity index (χ0n) is 16.9. The minimum atomic E-state index is -3.67. The number of hydrogen-bond acceptors (Lipinski definition) is 6. The lowest BCUT2D eigenvalue weighted by Crippen LogP contribution is -2.47. The highest BCUT2D eigenvalue weighted by molar-refractivity contribution is 7.85. The van der Waals surface area contributed by atoms with Gasteiger partial charge in [0.05, 0.1) is 18.0 Å². The summed E-state index contributed by atoms with van der Waals surface area (Å²) < 4.78 is 39.4. The van der Waals surface area contributed by atoms with Crippen molar-refractivity contribution in [3.05, 3.63) is 65.5 Å². The summed E-state index contributed by atoms with van der Waals surface area (Å²) in [5.41, 5.74) is 0.516. The number of benzene rings is 2. The molecular weight excluding hydrogens is 413 g/mol. The fourth-order valence-corrected chi connectivity index (χ4v) is 3.52. The highest BCUT2D eigenvalue weighted by Gasteiger charge is 2.36. The van der Waals surface area contributed by atoms with Gasteiger partial charge in [0.15, 0.2) is 11.6 Å². The monoisotopic (exact) mass is 441 g/mol. The lowest BCUT2D eigenvalue weighted by atomic mass is 9.83. The Morgan fingerprint density at radius 1 is 1.10 bits per heavy atom. The Kier molecular flexibility index (Phi) is 7.95. The van der Waals surface area contributed by atoms with E-state index in [0.717, 1.165) is 5.56 Å². The summed E-state index contributed by atoms with van der Waals surface area (Å²) >= 11 is 0. The van der Waals surface area contributed by atoms with Crippen LogP contribution in [0.5, 0.6) is 5.75 Å². The zero-order chi connectivity index (χ0) is 22.5. The summed E-state index contributed by atoms with van der Waals surface area (Å²) in [5, 5.41) is 30.7. The third-order valence-corrected chi connectivity index (χ3v) is 5.28. The normalized spacial score (nSPS) is 18.7. The molecule has 4 N–H and O–H groups in total. The fraction of sp³-hybridized carbons (Fsp3) is 0.429. The maximum atomic E-state index is 13.5. The molecule has 0 bridgehead atoms. The molecule has 0 saturated carbocycles. The zero-order valence-corrected chi connectivity index (χ0v) is 17.8. The van der Waals surface area contributed by atoms with Gasteiger partial charge in [-0.3, -0.25) is 9.45 Å². The van der Waals surface area contributed by atoms with Crippen molar-refractivity contribution >= 4 is 10.1 Å². The third kappa shape index (κ3) is 6.75. The topological polar surface area (TPSA) is 118 Å². The molecule has 1 saturated heterocycles. The molecule has 30 heavy (non-hydrogen) atoms. The molecule has 2 unspecified atom stereocenters. The minimum absolute atomic E-state index is 0.218. The summed E-state index contributed by atoms with van der Waals surface area (Å²) in [6.07, 6.45) is 1.02. The molecule has 3 rings (SSSR count). The van der Waals surface area contributed by atoms with E-state index in [0.29, 0.717) is 37.8 Å². The molecule has 1 fully saturated rings. The number of likely N-dealkylation sites (tertiary alicyclic amines) is 1. The number of piperidine rings is 1. The summed E-state index contributed by atoms with van der Waals surface area (Å²) in [6.45, 7) is 3.18. The number of nitrogens with zero attached hydrogens (tertiary/aromatic N) is 1. The summed E-state index contributed by atoms with van der Waals surface area (Å²) in [4.78, 5) is 2.10. The van der Waals surface area contributed by atoms with Crippen LogP contribution in [-0.4, -0.2) is 58.6 Å². The van der Waals surface area contributed by atoms with E-state index in [1.807, 2.05) is 37.3 Å². The number of aromatic hydroxyl groups is 1. The van der Waals surface area contributed by atoms with E-state index >= 15 is 0 Å². The van der Waals surface area contributed by atoms with Crippen molar-refractivity contribution in [1.29, 1.82) is 0 Å². The predicted octanol–water partition coefficient (Wildman–Crippen LogP) is 2.44. The van der Waals surface area contributed by atoms with Crippen LogP contribution >= 0.6 is 0 Å². The van der Waals surface area contributed by atoms with E-state index in [2.05, 4.69) is 4.90 Å². The van der Waals surface area contributed by atoms with Crippen molar-refractivity contribution in [3.8, 4) is 5.75 Å². The van der Waals surface area contributed by atoms with Crippen LogP contribution in [0.4, 0.5) is 4.39 Å². The van der Waals surface area contributed by atoms with E-state index in [9.17, 15) is 28.1 Å². The molecule has 166 valence electrons. The Hall–Kier alpha value is -2.04. The predicted molar refractivity (Wildman–Crippen MR) is 111 cm³/mol. The SMILES string of the molecule is CC(C(O)c1ccc(O)c(F)c1)N1CCC(O)(c2ccccc2)CC1.CS(=O)(=O)O. The first kappa shape index (κ1) is 24.2. The van der Waals surface area contributed by atoms with Crippen LogP contribution < -0.4 is 0 Å². The summed E-state index contributed by atoms with van der Waals surface area (Å²) in [7, 11) is -3.67. The van der Waals surface area contributed by atoms with Crippen LogP contribution in [0.25, 0.3) is 0 Å². The van der Waals surface area contributed by atoms with E-state index in [1.54, 1.807) is 0 Å². The van der Waals surface area contributed by atoms with Gasteiger partial charge >= 0.3 is 0 Å². The first-order valence-electron chi connectivity index (χ1n) is 9.51. The Morgan fingerprint density at radius 2 is 1.63 bits per heavy atom. The number of hydrogen-bond donors (Lipinski definition) is 4. The van der Waals surface area contributed by atoms with Gasteiger partial charge in [0.2, 0.25) is 0 Å². The lowest BCUT2D eigenvalue weighted by Gasteiger charge is -2.42. The molecule has 1 aliphatic rings. The smallest absolute Gasteiger partial charge is 0.261 e. The van der Waals surface area contributed by atoms with Gasteiger partial charge in [-0.05, 0) is 43.0 Å². The minimum Gasteiger partial charge on any atom is -0.505 e. The van der Waals surface area contributed by atoms with Gasteiger partial charge in [-0.25, -0.2) is 4.39 Å². The van der Waals surface area contributed by atoms with Gasteiger partial charge in [-0.1, -0.05) is 36.4 Å². The van der Waals surface area contributed by atoms with E-state index < -0.39 is 33.4 Å². The van der Waals surface area contributed by atoms with Crippen LogP contribution in [0.1, 0.15) is 37.0 Å². The standard InChI is InChI=1S/C20H24FNO3.CH4O3S/c1-14(19(24)15-7-8-18(23)17(21)13-15)22-11-9-20(25,10-12-22)16-5-3-2-4-6-16;1-5(2,3)4/h2-8,13-14,19,23-25H,9-12H2,1H3;1H3,(H,2,3,4). The van der Waals surface area contributed by atoms with Gasteiger partial charge in [-0.15, -0.1) is 0 Å².